The predicted molar refractivity (Wildman–Crippen MR) is 82.8 cm³/mol. The van der Waals surface area contributed by atoms with Crippen LogP contribution in [0.3, 0.4) is 0 Å². The highest BCUT2D eigenvalue weighted by Gasteiger charge is 2.17. The van der Waals surface area contributed by atoms with E-state index in [1.54, 1.807) is 20.5 Å². The quantitative estimate of drug-likeness (QED) is 0.833. The van der Waals surface area contributed by atoms with Crippen LogP contribution in [0, 0.1) is 0 Å². The molecule has 0 aliphatic heterocycles. The van der Waals surface area contributed by atoms with Gasteiger partial charge in [0.25, 0.3) is 0 Å². The summed E-state index contributed by atoms with van der Waals surface area (Å²) in [5.74, 6) is 2.44. The molecule has 2 aromatic rings. The Bertz CT molecular complexity index is 551. The van der Waals surface area contributed by atoms with Crippen molar-refractivity contribution in [3.8, 4) is 11.5 Å². The van der Waals surface area contributed by atoms with Gasteiger partial charge in [0, 0.05) is 6.04 Å². The third kappa shape index (κ3) is 3.58. The fourth-order valence-corrected chi connectivity index (χ4v) is 2.44. The van der Waals surface area contributed by atoms with Gasteiger partial charge in [-0.1, -0.05) is 13.0 Å². The van der Waals surface area contributed by atoms with E-state index >= 15 is 0 Å². The molecular weight excluding hydrogens is 266 g/mol. The van der Waals surface area contributed by atoms with E-state index in [9.17, 15) is 0 Å². The van der Waals surface area contributed by atoms with Crippen LogP contribution in [0.5, 0.6) is 11.5 Å². The molecule has 1 aromatic heterocycles. The monoisotopic (exact) mass is 289 g/mol. The molecule has 1 heterocycles. The Morgan fingerprint density at radius 2 is 1.90 bits per heavy atom. The molecule has 0 amide bonds. The molecule has 0 bridgehead atoms. The van der Waals surface area contributed by atoms with Crippen LogP contribution in [-0.4, -0.2) is 14.2 Å². The van der Waals surface area contributed by atoms with Crippen LogP contribution < -0.4 is 14.8 Å². The molecule has 21 heavy (non-hydrogen) atoms. The van der Waals surface area contributed by atoms with Crippen molar-refractivity contribution in [1.29, 1.82) is 0 Å². The molecule has 2 rings (SSSR count). The minimum absolute atomic E-state index is 0.151. The average Bonchev–Trinajstić information content (AvgIpc) is 3.06. The van der Waals surface area contributed by atoms with Crippen LogP contribution in [0.15, 0.2) is 41.0 Å². The van der Waals surface area contributed by atoms with E-state index in [1.165, 1.54) is 5.56 Å². The van der Waals surface area contributed by atoms with Gasteiger partial charge in [-0.15, -0.1) is 0 Å². The first-order valence-corrected chi connectivity index (χ1v) is 7.21. The number of ether oxygens (including phenoxy) is 2. The highest BCUT2D eigenvalue weighted by molar-refractivity contribution is 5.43. The van der Waals surface area contributed by atoms with E-state index < -0.39 is 0 Å². The number of methoxy groups -OCH3 is 2. The maximum absolute atomic E-state index is 5.45. The van der Waals surface area contributed by atoms with Gasteiger partial charge in [-0.2, -0.15) is 0 Å². The molecule has 0 fully saturated rings. The van der Waals surface area contributed by atoms with Crippen molar-refractivity contribution in [2.24, 2.45) is 0 Å². The highest BCUT2D eigenvalue weighted by Crippen LogP contribution is 2.31. The van der Waals surface area contributed by atoms with Crippen molar-refractivity contribution in [2.75, 3.05) is 14.2 Å². The Balaban J connectivity index is 2.17. The summed E-state index contributed by atoms with van der Waals surface area (Å²) in [7, 11) is 3.30. The number of furan rings is 1. The second-order valence-electron chi connectivity index (χ2n) is 4.98. The summed E-state index contributed by atoms with van der Waals surface area (Å²) in [5.41, 5.74) is 1.17. The summed E-state index contributed by atoms with van der Waals surface area (Å²) in [6.45, 7) is 4.26. The largest absolute Gasteiger partial charge is 0.493 e. The van der Waals surface area contributed by atoms with Gasteiger partial charge in [-0.25, -0.2) is 0 Å². The van der Waals surface area contributed by atoms with Crippen molar-refractivity contribution in [2.45, 2.75) is 32.4 Å². The van der Waals surface area contributed by atoms with Gasteiger partial charge in [0.1, 0.15) is 5.76 Å². The van der Waals surface area contributed by atoms with Crippen LogP contribution in [0.25, 0.3) is 0 Å². The standard InChI is InChI=1S/C17H23NO3/c1-5-14(18-12(2)15-7-6-10-21-15)13-8-9-16(19-3)17(11-13)20-4/h6-12,14,18H,5H2,1-4H3/t12-,14?/m0/s1. The minimum atomic E-state index is 0.151. The third-order valence-corrected chi connectivity index (χ3v) is 3.64. The van der Waals surface area contributed by atoms with Gasteiger partial charge >= 0.3 is 0 Å². The Morgan fingerprint density at radius 1 is 1.14 bits per heavy atom. The van der Waals surface area contributed by atoms with Crippen LogP contribution in [-0.2, 0) is 0 Å². The molecule has 0 spiro atoms. The Morgan fingerprint density at radius 3 is 2.48 bits per heavy atom. The van der Waals surface area contributed by atoms with Crippen LogP contribution in [0.4, 0.5) is 0 Å². The number of rotatable bonds is 7. The first-order valence-electron chi connectivity index (χ1n) is 7.21. The van der Waals surface area contributed by atoms with Crippen molar-refractivity contribution < 1.29 is 13.9 Å². The molecule has 1 unspecified atom stereocenters. The molecule has 2 atom stereocenters. The van der Waals surface area contributed by atoms with Crippen molar-refractivity contribution in [3.05, 3.63) is 47.9 Å². The van der Waals surface area contributed by atoms with Crippen molar-refractivity contribution in [3.63, 3.8) is 0 Å². The fourth-order valence-electron chi connectivity index (χ4n) is 2.44. The molecule has 114 valence electrons. The molecule has 4 nitrogen and oxygen atoms in total. The lowest BCUT2D eigenvalue weighted by atomic mass is 10.0. The molecular formula is C17H23NO3. The molecule has 0 aliphatic rings. The summed E-state index contributed by atoms with van der Waals surface area (Å²) in [6.07, 6.45) is 2.67. The van der Waals surface area contributed by atoms with E-state index in [-0.39, 0.29) is 12.1 Å². The average molecular weight is 289 g/mol. The minimum Gasteiger partial charge on any atom is -0.493 e. The summed E-state index contributed by atoms with van der Waals surface area (Å²) in [4.78, 5) is 0. The zero-order chi connectivity index (χ0) is 15.2. The van der Waals surface area contributed by atoms with E-state index in [2.05, 4.69) is 25.2 Å². The first-order chi connectivity index (χ1) is 10.2. The van der Waals surface area contributed by atoms with Crippen LogP contribution in [0.2, 0.25) is 0 Å². The summed E-state index contributed by atoms with van der Waals surface area (Å²) in [6, 6.07) is 10.3. The number of nitrogens with one attached hydrogen (secondary N) is 1. The van der Waals surface area contributed by atoms with E-state index in [4.69, 9.17) is 13.9 Å². The van der Waals surface area contributed by atoms with Gasteiger partial charge in [-0.3, -0.25) is 0 Å². The lowest BCUT2D eigenvalue weighted by Gasteiger charge is -2.22. The van der Waals surface area contributed by atoms with Crippen molar-refractivity contribution in [1.82, 2.24) is 5.32 Å². The molecule has 0 radical (unpaired) electrons. The summed E-state index contributed by atoms with van der Waals surface area (Å²) < 4.78 is 16.1. The van der Waals surface area contributed by atoms with Gasteiger partial charge in [0.2, 0.25) is 0 Å². The number of benzene rings is 1. The van der Waals surface area contributed by atoms with Crippen molar-refractivity contribution >= 4 is 0 Å². The van der Waals surface area contributed by atoms with Crippen LogP contribution >= 0.6 is 0 Å². The first kappa shape index (κ1) is 15.4. The second kappa shape index (κ2) is 7.18. The van der Waals surface area contributed by atoms with Gasteiger partial charge in [0.05, 0.1) is 26.5 Å². The third-order valence-electron chi connectivity index (χ3n) is 3.64. The maximum Gasteiger partial charge on any atom is 0.161 e. The lowest BCUT2D eigenvalue weighted by Crippen LogP contribution is -2.24. The molecule has 4 heteroatoms. The second-order valence-corrected chi connectivity index (χ2v) is 4.98. The van der Waals surface area contributed by atoms with Gasteiger partial charge in [-0.05, 0) is 43.2 Å². The van der Waals surface area contributed by atoms with Gasteiger partial charge < -0.3 is 19.2 Å². The summed E-state index contributed by atoms with van der Waals surface area (Å²) >= 11 is 0. The Labute approximate surface area is 126 Å². The smallest absolute Gasteiger partial charge is 0.161 e. The molecule has 0 saturated heterocycles. The molecule has 1 aromatic carbocycles. The van der Waals surface area contributed by atoms with E-state index in [0.29, 0.717) is 0 Å². The summed E-state index contributed by atoms with van der Waals surface area (Å²) in [5, 5.41) is 3.58. The maximum atomic E-state index is 5.45. The fraction of sp³-hybridized carbons (Fsp3) is 0.412. The van der Waals surface area contributed by atoms with E-state index in [1.807, 2.05) is 24.3 Å². The molecule has 0 aliphatic carbocycles. The Hall–Kier alpha value is -1.94. The van der Waals surface area contributed by atoms with Gasteiger partial charge in [0.15, 0.2) is 11.5 Å². The van der Waals surface area contributed by atoms with Crippen LogP contribution in [0.1, 0.15) is 43.7 Å². The SMILES string of the molecule is CCC(N[C@@H](C)c1ccco1)c1ccc(OC)c(OC)c1. The van der Waals surface area contributed by atoms with E-state index in [0.717, 1.165) is 23.7 Å². The topological polar surface area (TPSA) is 43.6 Å². The molecule has 0 saturated carbocycles. The predicted octanol–water partition coefficient (Wildman–Crippen LogP) is 4.10. The molecule has 1 N–H and O–H groups in total. The number of hydrogen-bond acceptors (Lipinski definition) is 4. The zero-order valence-electron chi connectivity index (χ0n) is 13.1. The lowest BCUT2D eigenvalue weighted by molar-refractivity contribution is 0.352. The normalized spacial score (nSPS) is 13.7. The zero-order valence-corrected chi connectivity index (χ0v) is 13.1. The highest BCUT2D eigenvalue weighted by atomic mass is 16.5. The Kier molecular flexibility index (Phi) is 5.28. The number of hydrogen-bond donors (Lipinski definition) is 1.